The van der Waals surface area contributed by atoms with Crippen molar-refractivity contribution in [1.82, 2.24) is 15.4 Å². The van der Waals surface area contributed by atoms with E-state index in [1.807, 2.05) is 4.90 Å². The van der Waals surface area contributed by atoms with Crippen LogP contribution in [0, 0.1) is 5.92 Å². The van der Waals surface area contributed by atoms with E-state index >= 15 is 0 Å². The van der Waals surface area contributed by atoms with E-state index in [4.69, 9.17) is 16.1 Å². The number of fused-ring (bicyclic) bond motifs is 3. The maximum atomic E-state index is 12.4. The summed E-state index contributed by atoms with van der Waals surface area (Å²) in [7, 11) is 0. The Morgan fingerprint density at radius 1 is 1.48 bits per heavy atom. The summed E-state index contributed by atoms with van der Waals surface area (Å²) in [6, 6.07) is 1.71. The van der Waals surface area contributed by atoms with Crippen LogP contribution in [-0.4, -0.2) is 41.0 Å². The number of nitrogens with one attached hydrogen (secondary N) is 1. The molecule has 2 aliphatic heterocycles. The molecule has 0 aliphatic carbocycles. The van der Waals surface area contributed by atoms with E-state index in [1.54, 1.807) is 6.07 Å². The van der Waals surface area contributed by atoms with Crippen molar-refractivity contribution < 1.29 is 14.1 Å². The van der Waals surface area contributed by atoms with Gasteiger partial charge in [-0.2, -0.15) is 0 Å². The number of halogens is 1. The highest BCUT2D eigenvalue weighted by Gasteiger charge is 2.34. The van der Waals surface area contributed by atoms with Crippen molar-refractivity contribution in [2.24, 2.45) is 5.92 Å². The topological polar surface area (TPSA) is 75.4 Å². The summed E-state index contributed by atoms with van der Waals surface area (Å²) in [4.78, 5) is 26.1. The molecule has 0 unspecified atom stereocenters. The van der Waals surface area contributed by atoms with Crippen LogP contribution in [0.1, 0.15) is 31.4 Å². The number of aromatic nitrogens is 1. The Hall–Kier alpha value is -1.56. The number of aryl methyl sites for hydroxylation is 1. The molecule has 3 rings (SSSR count). The van der Waals surface area contributed by atoms with Gasteiger partial charge >= 0.3 is 0 Å². The van der Waals surface area contributed by atoms with Gasteiger partial charge in [-0.25, -0.2) is 0 Å². The minimum atomic E-state index is -0.0684. The number of hydrogen-bond acceptors (Lipinski definition) is 4. The summed E-state index contributed by atoms with van der Waals surface area (Å²) in [5, 5.41) is 6.92. The average molecular weight is 312 g/mol. The molecule has 3 heterocycles. The van der Waals surface area contributed by atoms with E-state index in [1.165, 1.54) is 0 Å². The van der Waals surface area contributed by atoms with Crippen LogP contribution in [0.15, 0.2) is 10.6 Å². The van der Waals surface area contributed by atoms with E-state index < -0.39 is 0 Å². The largest absolute Gasteiger partial charge is 0.360 e. The first-order valence-corrected chi connectivity index (χ1v) is 7.69. The lowest BCUT2D eigenvalue weighted by Crippen LogP contribution is -2.41. The lowest BCUT2D eigenvalue weighted by atomic mass is 9.99. The molecule has 2 bridgehead atoms. The fourth-order valence-electron chi connectivity index (χ4n) is 3.05. The first kappa shape index (κ1) is 14.4. The minimum absolute atomic E-state index is 0.0518. The van der Waals surface area contributed by atoms with Crippen molar-refractivity contribution in [2.45, 2.75) is 38.1 Å². The predicted molar refractivity (Wildman–Crippen MR) is 75.7 cm³/mol. The Balaban J connectivity index is 1.60. The van der Waals surface area contributed by atoms with Crippen molar-refractivity contribution >= 4 is 23.4 Å². The molecule has 114 valence electrons. The number of amides is 2. The zero-order chi connectivity index (χ0) is 14.8. The standard InChI is InChI=1S/C14H18ClN3O3/c15-12-6-11(21-17-12)4-5-13(19)18-7-9-2-1-3-10(8-18)16-14(9)20/h6,9-10H,1-5,7-8H2,(H,16,20)/t9-,10+/m1/s1. The first-order chi connectivity index (χ1) is 10.1. The molecule has 0 spiro atoms. The molecular weight excluding hydrogens is 294 g/mol. The molecule has 2 saturated heterocycles. The Bertz CT molecular complexity index is 545. The van der Waals surface area contributed by atoms with Gasteiger partial charge in [0.2, 0.25) is 11.8 Å². The van der Waals surface area contributed by atoms with Crippen molar-refractivity contribution in [2.75, 3.05) is 13.1 Å². The fraction of sp³-hybridized carbons (Fsp3) is 0.643. The number of hydrogen-bond donors (Lipinski definition) is 1. The van der Waals surface area contributed by atoms with Gasteiger partial charge in [0.25, 0.3) is 0 Å². The Labute approximate surface area is 127 Å². The molecule has 2 fully saturated rings. The number of carbonyl (C=O) groups is 2. The second-order valence-corrected chi connectivity index (χ2v) is 6.14. The molecule has 2 atom stereocenters. The van der Waals surface area contributed by atoms with Gasteiger partial charge in [-0.1, -0.05) is 23.2 Å². The van der Waals surface area contributed by atoms with Crippen molar-refractivity contribution in [1.29, 1.82) is 0 Å². The lowest BCUT2D eigenvalue weighted by Gasteiger charge is -2.27. The molecule has 1 aromatic heterocycles. The van der Waals surface area contributed by atoms with Crippen LogP contribution in [-0.2, 0) is 16.0 Å². The normalized spacial score (nSPS) is 25.4. The molecule has 6 nitrogen and oxygen atoms in total. The highest BCUT2D eigenvalue weighted by atomic mass is 35.5. The summed E-state index contributed by atoms with van der Waals surface area (Å²) in [5.41, 5.74) is 0. The second-order valence-electron chi connectivity index (χ2n) is 5.75. The summed E-state index contributed by atoms with van der Waals surface area (Å²) in [6.45, 7) is 1.14. The van der Waals surface area contributed by atoms with Gasteiger partial charge in [0.15, 0.2) is 5.15 Å². The smallest absolute Gasteiger partial charge is 0.225 e. The Kier molecular flexibility index (Phi) is 4.14. The van der Waals surface area contributed by atoms with Crippen LogP contribution in [0.4, 0.5) is 0 Å². The summed E-state index contributed by atoms with van der Waals surface area (Å²) >= 11 is 5.68. The molecule has 1 N–H and O–H groups in total. The van der Waals surface area contributed by atoms with Gasteiger partial charge in [0.05, 0.1) is 5.92 Å². The Morgan fingerprint density at radius 2 is 2.33 bits per heavy atom. The first-order valence-electron chi connectivity index (χ1n) is 7.31. The summed E-state index contributed by atoms with van der Waals surface area (Å²) in [5.74, 6) is 0.685. The monoisotopic (exact) mass is 311 g/mol. The van der Waals surface area contributed by atoms with Crippen molar-refractivity contribution in [3.05, 3.63) is 17.0 Å². The fourth-order valence-corrected chi connectivity index (χ4v) is 3.20. The molecule has 2 amide bonds. The van der Waals surface area contributed by atoms with E-state index in [-0.39, 0.29) is 23.8 Å². The maximum Gasteiger partial charge on any atom is 0.225 e. The minimum Gasteiger partial charge on any atom is -0.360 e. The van der Waals surface area contributed by atoms with E-state index in [2.05, 4.69) is 10.5 Å². The van der Waals surface area contributed by atoms with Gasteiger partial charge < -0.3 is 14.7 Å². The number of nitrogens with zero attached hydrogens (tertiary/aromatic N) is 2. The summed E-state index contributed by atoms with van der Waals surface area (Å²) in [6.07, 6.45) is 3.69. The van der Waals surface area contributed by atoms with Crippen molar-refractivity contribution in [3.8, 4) is 0 Å². The van der Waals surface area contributed by atoms with Crippen LogP contribution in [0.25, 0.3) is 0 Å². The van der Waals surface area contributed by atoms with E-state index in [0.29, 0.717) is 36.8 Å². The van der Waals surface area contributed by atoms with Crippen LogP contribution in [0.2, 0.25) is 5.15 Å². The van der Waals surface area contributed by atoms with Crippen LogP contribution < -0.4 is 5.32 Å². The zero-order valence-corrected chi connectivity index (χ0v) is 12.4. The van der Waals surface area contributed by atoms with Gasteiger partial charge in [0.1, 0.15) is 5.76 Å². The second kappa shape index (κ2) is 6.05. The SMILES string of the molecule is O=C1N[C@H]2CCC[C@@H]1CN(C(=O)CCc1cc(Cl)no1)C2. The lowest BCUT2D eigenvalue weighted by molar-refractivity contribution is -0.132. The molecule has 2 aliphatic rings. The molecule has 0 aromatic carbocycles. The molecule has 7 heteroatoms. The molecule has 0 radical (unpaired) electrons. The van der Waals surface area contributed by atoms with E-state index in [0.717, 1.165) is 19.3 Å². The molecule has 0 saturated carbocycles. The zero-order valence-electron chi connectivity index (χ0n) is 11.7. The number of likely N-dealkylation sites (tertiary alicyclic amines) is 1. The number of rotatable bonds is 3. The third-order valence-electron chi connectivity index (χ3n) is 4.17. The third kappa shape index (κ3) is 3.37. The van der Waals surface area contributed by atoms with Gasteiger partial charge in [-0.05, 0) is 12.8 Å². The highest BCUT2D eigenvalue weighted by Crippen LogP contribution is 2.22. The van der Waals surface area contributed by atoms with Crippen molar-refractivity contribution in [3.63, 3.8) is 0 Å². The Morgan fingerprint density at radius 3 is 3.10 bits per heavy atom. The molecule has 1 aromatic rings. The van der Waals surface area contributed by atoms with Crippen LogP contribution >= 0.6 is 11.6 Å². The number of carbonyl (C=O) groups excluding carboxylic acids is 2. The summed E-state index contributed by atoms with van der Waals surface area (Å²) < 4.78 is 5.00. The van der Waals surface area contributed by atoms with Crippen LogP contribution in [0.3, 0.4) is 0 Å². The quantitative estimate of drug-likeness (QED) is 0.915. The average Bonchev–Trinajstić information content (AvgIpc) is 2.67. The molecule has 21 heavy (non-hydrogen) atoms. The predicted octanol–water partition coefficient (Wildman–Crippen LogP) is 1.39. The van der Waals surface area contributed by atoms with Crippen LogP contribution in [0.5, 0.6) is 0 Å². The molecular formula is C14H18ClN3O3. The van der Waals surface area contributed by atoms with Gasteiger partial charge in [0, 0.05) is 38.0 Å². The maximum absolute atomic E-state index is 12.4. The van der Waals surface area contributed by atoms with Gasteiger partial charge in [-0.15, -0.1) is 0 Å². The van der Waals surface area contributed by atoms with E-state index in [9.17, 15) is 9.59 Å². The highest BCUT2D eigenvalue weighted by molar-refractivity contribution is 6.29. The van der Waals surface area contributed by atoms with Gasteiger partial charge in [-0.3, -0.25) is 9.59 Å². The third-order valence-corrected chi connectivity index (χ3v) is 4.35.